The van der Waals surface area contributed by atoms with Gasteiger partial charge in [0.1, 0.15) is 12.6 Å². The van der Waals surface area contributed by atoms with Crippen molar-refractivity contribution >= 4 is 5.97 Å². The van der Waals surface area contributed by atoms with Crippen LogP contribution in [0.5, 0.6) is 0 Å². The van der Waals surface area contributed by atoms with Crippen molar-refractivity contribution in [2.45, 2.75) is 39.2 Å². The topological polar surface area (TPSA) is 42.0 Å². The molecule has 146 valence electrons. The molecule has 0 radical (unpaired) electrons. The number of hydrogen-bond acceptors (Lipinski definition) is 5. The van der Waals surface area contributed by atoms with Gasteiger partial charge in [0.15, 0.2) is 0 Å². The van der Waals surface area contributed by atoms with Gasteiger partial charge < -0.3 is 14.4 Å². The molecule has 2 rings (SSSR count). The Kier molecular flexibility index (Phi) is 9.67. The summed E-state index contributed by atoms with van der Waals surface area (Å²) < 4.78 is 11.2. The number of esters is 1. The number of nitrogens with zero attached hydrogens (tertiary/aromatic N) is 2. The second-order valence-corrected chi connectivity index (χ2v) is 6.72. The zero-order chi connectivity index (χ0) is 18.6. The van der Waals surface area contributed by atoms with Gasteiger partial charge in [0.25, 0.3) is 0 Å². The number of hydrogen-bond donors (Lipinski definition) is 0. The molecule has 1 heterocycles. The lowest BCUT2D eigenvalue weighted by atomic mass is 10.0. The van der Waals surface area contributed by atoms with Gasteiger partial charge >= 0.3 is 5.97 Å². The summed E-state index contributed by atoms with van der Waals surface area (Å²) in [6.45, 7) is 10.6. The lowest BCUT2D eigenvalue weighted by Gasteiger charge is -2.33. The maximum Gasteiger partial charge on any atom is 0.328 e. The number of ether oxygens (including phenoxy) is 2. The fraction of sp³-hybridized carbons (Fsp3) is 0.667. The van der Waals surface area contributed by atoms with Gasteiger partial charge in [-0.2, -0.15) is 0 Å². The van der Waals surface area contributed by atoms with Crippen molar-refractivity contribution < 1.29 is 14.3 Å². The van der Waals surface area contributed by atoms with Crippen LogP contribution < -0.4 is 0 Å². The molecule has 1 fully saturated rings. The van der Waals surface area contributed by atoms with E-state index < -0.39 is 0 Å². The third kappa shape index (κ3) is 6.71. The van der Waals surface area contributed by atoms with Gasteiger partial charge in [0, 0.05) is 6.54 Å². The van der Waals surface area contributed by atoms with Crippen molar-refractivity contribution in [3.63, 3.8) is 0 Å². The van der Waals surface area contributed by atoms with Crippen LogP contribution in [0.15, 0.2) is 30.3 Å². The molecule has 0 amide bonds. The fourth-order valence-corrected chi connectivity index (χ4v) is 3.42. The zero-order valence-electron chi connectivity index (χ0n) is 16.4. The molecule has 1 aliphatic rings. The molecule has 5 heteroatoms. The quantitative estimate of drug-likeness (QED) is 0.447. The summed E-state index contributed by atoms with van der Waals surface area (Å²) in [5, 5.41) is 0. The summed E-state index contributed by atoms with van der Waals surface area (Å²) in [5.74, 6) is -0.162. The number of benzene rings is 1. The molecule has 0 aliphatic carbocycles. The SMILES string of the molecule is CCN(CC)CCOCCOC(=O)C(c1ccccc1)N1CCCCC1. The first-order chi connectivity index (χ1) is 12.8. The van der Waals surface area contributed by atoms with Crippen molar-refractivity contribution in [3.05, 3.63) is 35.9 Å². The Balaban J connectivity index is 1.79. The van der Waals surface area contributed by atoms with Crippen molar-refractivity contribution in [2.24, 2.45) is 0 Å². The minimum absolute atomic E-state index is 0.162. The second-order valence-electron chi connectivity index (χ2n) is 6.72. The summed E-state index contributed by atoms with van der Waals surface area (Å²) in [7, 11) is 0. The lowest BCUT2D eigenvalue weighted by Crippen LogP contribution is -2.39. The van der Waals surface area contributed by atoms with E-state index in [1.54, 1.807) is 0 Å². The Morgan fingerprint density at radius 2 is 1.73 bits per heavy atom. The molecule has 1 unspecified atom stereocenters. The first-order valence-electron chi connectivity index (χ1n) is 10.0. The van der Waals surface area contributed by atoms with Gasteiger partial charge in [-0.25, -0.2) is 4.79 Å². The average Bonchev–Trinajstić information content (AvgIpc) is 2.69. The van der Waals surface area contributed by atoms with Crippen LogP contribution in [0.2, 0.25) is 0 Å². The molecule has 26 heavy (non-hydrogen) atoms. The predicted molar refractivity (Wildman–Crippen MR) is 104 cm³/mol. The average molecular weight is 363 g/mol. The maximum atomic E-state index is 12.7. The summed E-state index contributed by atoms with van der Waals surface area (Å²) >= 11 is 0. The van der Waals surface area contributed by atoms with Crippen molar-refractivity contribution in [1.82, 2.24) is 9.80 Å². The van der Waals surface area contributed by atoms with Gasteiger partial charge in [-0.1, -0.05) is 50.6 Å². The monoisotopic (exact) mass is 362 g/mol. The number of likely N-dealkylation sites (tertiary alicyclic amines) is 1. The fourth-order valence-electron chi connectivity index (χ4n) is 3.42. The Morgan fingerprint density at radius 3 is 2.38 bits per heavy atom. The van der Waals surface area contributed by atoms with Crippen LogP contribution >= 0.6 is 0 Å². The van der Waals surface area contributed by atoms with Gasteiger partial charge in [0.2, 0.25) is 0 Å². The minimum atomic E-state index is -0.299. The number of carbonyl (C=O) groups is 1. The van der Waals surface area contributed by atoms with Crippen LogP contribution in [0.4, 0.5) is 0 Å². The van der Waals surface area contributed by atoms with E-state index in [0.29, 0.717) is 19.8 Å². The van der Waals surface area contributed by atoms with Crippen molar-refractivity contribution in [3.8, 4) is 0 Å². The van der Waals surface area contributed by atoms with E-state index in [1.165, 1.54) is 6.42 Å². The predicted octanol–water partition coefficient (Wildman–Crippen LogP) is 3.12. The standard InChI is InChI=1S/C21H34N2O3/c1-3-22(4-2)15-16-25-17-18-26-21(24)20(19-11-7-5-8-12-19)23-13-9-6-10-14-23/h5,7-8,11-12,20H,3-4,6,9-10,13-18H2,1-2H3. The van der Waals surface area contributed by atoms with Crippen LogP contribution in [0.25, 0.3) is 0 Å². The van der Waals surface area contributed by atoms with E-state index >= 15 is 0 Å². The van der Waals surface area contributed by atoms with Crippen molar-refractivity contribution in [1.29, 1.82) is 0 Å². The molecule has 0 spiro atoms. The van der Waals surface area contributed by atoms with Gasteiger partial charge in [0.05, 0.1) is 13.2 Å². The summed E-state index contributed by atoms with van der Waals surface area (Å²) in [6.07, 6.45) is 3.53. The van der Waals surface area contributed by atoms with E-state index in [1.807, 2.05) is 30.3 Å². The highest BCUT2D eigenvalue weighted by Gasteiger charge is 2.29. The van der Waals surface area contributed by atoms with Gasteiger partial charge in [-0.15, -0.1) is 0 Å². The third-order valence-corrected chi connectivity index (χ3v) is 5.01. The van der Waals surface area contributed by atoms with Crippen molar-refractivity contribution in [2.75, 3.05) is 52.5 Å². The highest BCUT2D eigenvalue weighted by atomic mass is 16.6. The zero-order valence-corrected chi connectivity index (χ0v) is 16.4. The Labute approximate surface area is 158 Å². The lowest BCUT2D eigenvalue weighted by molar-refractivity contribution is -0.152. The Bertz CT molecular complexity index is 499. The molecule has 5 nitrogen and oxygen atoms in total. The molecular formula is C21H34N2O3. The summed E-state index contributed by atoms with van der Waals surface area (Å²) in [5.41, 5.74) is 1.02. The van der Waals surface area contributed by atoms with E-state index in [4.69, 9.17) is 9.47 Å². The van der Waals surface area contributed by atoms with E-state index in [0.717, 1.165) is 51.1 Å². The Morgan fingerprint density at radius 1 is 1.04 bits per heavy atom. The molecule has 1 saturated heterocycles. The number of piperidine rings is 1. The Hall–Kier alpha value is -1.43. The highest BCUT2D eigenvalue weighted by Crippen LogP contribution is 2.25. The first kappa shape index (κ1) is 20.9. The van der Waals surface area contributed by atoms with Crippen LogP contribution in [0.1, 0.15) is 44.7 Å². The van der Waals surface area contributed by atoms with Crippen LogP contribution in [-0.2, 0) is 14.3 Å². The smallest absolute Gasteiger partial charge is 0.328 e. The molecule has 0 N–H and O–H groups in total. The number of carbonyl (C=O) groups excluding carboxylic acids is 1. The minimum Gasteiger partial charge on any atom is -0.462 e. The van der Waals surface area contributed by atoms with Gasteiger partial charge in [-0.3, -0.25) is 4.90 Å². The van der Waals surface area contributed by atoms with E-state index in [9.17, 15) is 4.79 Å². The van der Waals surface area contributed by atoms with Gasteiger partial charge in [-0.05, 0) is 44.6 Å². The molecule has 1 aliphatic heterocycles. The van der Waals surface area contributed by atoms with E-state index in [-0.39, 0.29) is 12.0 Å². The molecule has 1 aromatic carbocycles. The molecule has 0 aromatic heterocycles. The largest absolute Gasteiger partial charge is 0.462 e. The maximum absolute atomic E-state index is 12.7. The van der Waals surface area contributed by atoms with Crippen LogP contribution in [0.3, 0.4) is 0 Å². The second kappa shape index (κ2) is 12.0. The third-order valence-electron chi connectivity index (χ3n) is 5.01. The number of rotatable bonds is 11. The highest BCUT2D eigenvalue weighted by molar-refractivity contribution is 5.77. The molecule has 0 bridgehead atoms. The molecule has 1 aromatic rings. The molecule has 0 saturated carbocycles. The first-order valence-corrected chi connectivity index (χ1v) is 10.0. The normalized spacial score (nSPS) is 16.6. The van der Waals surface area contributed by atoms with E-state index in [2.05, 4.69) is 23.6 Å². The number of likely N-dealkylation sites (N-methyl/N-ethyl adjacent to an activating group) is 1. The van der Waals surface area contributed by atoms with Crippen LogP contribution in [0, 0.1) is 0 Å². The van der Waals surface area contributed by atoms with Crippen LogP contribution in [-0.4, -0.2) is 68.3 Å². The molecular weight excluding hydrogens is 328 g/mol. The summed E-state index contributed by atoms with van der Waals surface area (Å²) in [4.78, 5) is 17.3. The molecule has 1 atom stereocenters. The summed E-state index contributed by atoms with van der Waals surface area (Å²) in [6, 6.07) is 9.67.